The molecular weight excluding hydrogens is 198 g/mol. The maximum Gasteiger partial charge on any atom is 0.224 e. The number of carbonyl (C=O) groups is 1. The first-order chi connectivity index (χ1) is 6.57. The predicted octanol–water partition coefficient (Wildman–Crippen LogP) is 1.94. The highest BCUT2D eigenvalue weighted by Gasteiger charge is 2.15. The molecule has 0 aliphatic carbocycles. The van der Waals surface area contributed by atoms with Crippen LogP contribution in [0.5, 0.6) is 0 Å². The molecule has 0 aliphatic heterocycles. The van der Waals surface area contributed by atoms with E-state index in [-0.39, 0.29) is 11.2 Å². The number of hydrogen-bond donors (Lipinski definition) is 1. The third kappa shape index (κ3) is 2.09. The Balaban J connectivity index is 2.95. The maximum absolute atomic E-state index is 11.5. The van der Waals surface area contributed by atoms with Crippen LogP contribution < -0.4 is 5.73 Å². The van der Waals surface area contributed by atoms with Gasteiger partial charge >= 0.3 is 0 Å². The lowest BCUT2D eigenvalue weighted by atomic mass is 10.3. The summed E-state index contributed by atoms with van der Waals surface area (Å²) in [6.07, 6.45) is 1.54. The van der Waals surface area contributed by atoms with Gasteiger partial charge < -0.3 is 5.73 Å². The SMILES string of the molecule is CCSC(=O)c1cnn(C(C)C)c1N. The van der Waals surface area contributed by atoms with Gasteiger partial charge in [0.1, 0.15) is 5.82 Å². The zero-order chi connectivity index (χ0) is 10.7. The number of carbonyl (C=O) groups excluding carboxylic acids is 1. The van der Waals surface area contributed by atoms with Crippen LogP contribution in [0.2, 0.25) is 0 Å². The Morgan fingerprint density at radius 1 is 1.71 bits per heavy atom. The van der Waals surface area contributed by atoms with E-state index in [2.05, 4.69) is 5.10 Å². The molecule has 1 heterocycles. The van der Waals surface area contributed by atoms with E-state index < -0.39 is 0 Å². The zero-order valence-corrected chi connectivity index (χ0v) is 9.47. The predicted molar refractivity (Wildman–Crippen MR) is 59.5 cm³/mol. The summed E-state index contributed by atoms with van der Waals surface area (Å²) in [5.41, 5.74) is 6.32. The molecule has 0 fully saturated rings. The summed E-state index contributed by atoms with van der Waals surface area (Å²) in [7, 11) is 0. The average Bonchev–Trinajstić information content (AvgIpc) is 2.47. The lowest BCUT2D eigenvalue weighted by Crippen LogP contribution is -2.08. The Morgan fingerprint density at radius 2 is 2.36 bits per heavy atom. The fourth-order valence-corrected chi connectivity index (χ4v) is 1.72. The number of hydrogen-bond acceptors (Lipinski definition) is 4. The quantitative estimate of drug-likeness (QED) is 0.833. The summed E-state index contributed by atoms with van der Waals surface area (Å²) >= 11 is 1.25. The average molecular weight is 213 g/mol. The van der Waals surface area contributed by atoms with Gasteiger partial charge in [0.2, 0.25) is 5.12 Å². The molecule has 0 amide bonds. The number of nitrogens with two attached hydrogens (primary N) is 1. The van der Waals surface area contributed by atoms with Crippen LogP contribution in [-0.4, -0.2) is 20.6 Å². The van der Waals surface area contributed by atoms with Crippen LogP contribution in [0.15, 0.2) is 6.20 Å². The van der Waals surface area contributed by atoms with Crippen molar-refractivity contribution in [3.63, 3.8) is 0 Å². The summed E-state index contributed by atoms with van der Waals surface area (Å²) in [6.45, 7) is 5.89. The van der Waals surface area contributed by atoms with Crippen LogP contribution in [-0.2, 0) is 0 Å². The summed E-state index contributed by atoms with van der Waals surface area (Å²) in [5, 5.41) is 4.07. The topological polar surface area (TPSA) is 60.9 Å². The van der Waals surface area contributed by atoms with E-state index in [1.807, 2.05) is 20.8 Å². The third-order valence-corrected chi connectivity index (χ3v) is 2.59. The molecule has 1 aromatic heterocycles. The van der Waals surface area contributed by atoms with Gasteiger partial charge in [0.05, 0.1) is 11.8 Å². The minimum absolute atomic E-state index is 0.00287. The number of rotatable bonds is 3. The second kappa shape index (κ2) is 4.50. The fourth-order valence-electron chi connectivity index (χ4n) is 1.15. The van der Waals surface area contributed by atoms with Crippen molar-refractivity contribution in [2.24, 2.45) is 0 Å². The molecular formula is C9H15N3OS. The standard InChI is InChI=1S/C9H15N3OS/c1-4-14-9(13)7-5-11-12(6(2)3)8(7)10/h5-6H,4,10H2,1-3H3. The fraction of sp³-hybridized carbons (Fsp3) is 0.556. The lowest BCUT2D eigenvalue weighted by molar-refractivity contribution is 0.109. The van der Waals surface area contributed by atoms with Gasteiger partial charge in [-0.25, -0.2) is 4.68 Å². The van der Waals surface area contributed by atoms with Crippen molar-refractivity contribution in [3.8, 4) is 0 Å². The van der Waals surface area contributed by atoms with Crippen molar-refractivity contribution in [3.05, 3.63) is 11.8 Å². The van der Waals surface area contributed by atoms with Gasteiger partial charge in [-0.15, -0.1) is 0 Å². The first-order valence-corrected chi connectivity index (χ1v) is 5.56. The molecule has 5 heteroatoms. The Morgan fingerprint density at radius 3 is 2.79 bits per heavy atom. The Bertz CT molecular complexity index is 333. The Labute approximate surface area is 87.9 Å². The zero-order valence-electron chi connectivity index (χ0n) is 8.65. The molecule has 4 nitrogen and oxygen atoms in total. The van der Waals surface area contributed by atoms with Gasteiger partial charge in [-0.1, -0.05) is 18.7 Å². The van der Waals surface area contributed by atoms with Crippen LogP contribution in [0.1, 0.15) is 37.2 Å². The van der Waals surface area contributed by atoms with E-state index in [0.717, 1.165) is 5.75 Å². The summed E-state index contributed by atoms with van der Waals surface area (Å²) in [4.78, 5) is 11.5. The normalized spacial score (nSPS) is 10.9. The van der Waals surface area contributed by atoms with Crippen LogP contribution in [0.4, 0.5) is 5.82 Å². The van der Waals surface area contributed by atoms with E-state index in [1.54, 1.807) is 10.9 Å². The molecule has 1 rings (SSSR count). The van der Waals surface area contributed by atoms with Gasteiger partial charge in [0.15, 0.2) is 0 Å². The second-order valence-corrected chi connectivity index (χ2v) is 4.44. The first kappa shape index (κ1) is 11.1. The van der Waals surface area contributed by atoms with E-state index >= 15 is 0 Å². The molecule has 1 aromatic rings. The minimum atomic E-state index is -0.00287. The maximum atomic E-state index is 11.5. The van der Waals surface area contributed by atoms with Gasteiger partial charge in [-0.05, 0) is 19.6 Å². The number of anilines is 1. The van der Waals surface area contributed by atoms with Crippen LogP contribution in [0.3, 0.4) is 0 Å². The summed E-state index contributed by atoms with van der Waals surface area (Å²) < 4.78 is 1.66. The molecule has 0 aromatic carbocycles. The Kier molecular flexibility index (Phi) is 3.57. The molecule has 0 unspecified atom stereocenters. The molecule has 0 atom stereocenters. The molecule has 0 radical (unpaired) electrons. The van der Waals surface area contributed by atoms with Crippen LogP contribution >= 0.6 is 11.8 Å². The van der Waals surface area contributed by atoms with Crippen LogP contribution in [0, 0.1) is 0 Å². The number of nitrogens with zero attached hydrogens (tertiary/aromatic N) is 2. The first-order valence-electron chi connectivity index (χ1n) is 4.58. The number of aromatic nitrogens is 2. The van der Waals surface area contributed by atoms with E-state index in [1.165, 1.54) is 11.8 Å². The molecule has 0 saturated heterocycles. The molecule has 0 spiro atoms. The third-order valence-electron chi connectivity index (χ3n) is 1.82. The molecule has 14 heavy (non-hydrogen) atoms. The Hall–Kier alpha value is -0.970. The summed E-state index contributed by atoms with van der Waals surface area (Å²) in [6, 6.07) is 0.183. The van der Waals surface area contributed by atoms with Gasteiger partial charge in [0, 0.05) is 6.04 Å². The number of thioether (sulfide) groups is 1. The van der Waals surface area contributed by atoms with Crippen molar-refractivity contribution in [1.29, 1.82) is 0 Å². The van der Waals surface area contributed by atoms with Crippen molar-refractivity contribution < 1.29 is 4.79 Å². The van der Waals surface area contributed by atoms with Crippen LogP contribution in [0.25, 0.3) is 0 Å². The van der Waals surface area contributed by atoms with Gasteiger partial charge in [0.25, 0.3) is 0 Å². The van der Waals surface area contributed by atoms with Gasteiger partial charge in [-0.2, -0.15) is 5.10 Å². The van der Waals surface area contributed by atoms with Crippen molar-refractivity contribution >= 4 is 22.7 Å². The van der Waals surface area contributed by atoms with E-state index in [0.29, 0.717) is 11.4 Å². The smallest absolute Gasteiger partial charge is 0.224 e. The minimum Gasteiger partial charge on any atom is -0.383 e. The highest BCUT2D eigenvalue weighted by Crippen LogP contribution is 2.20. The molecule has 0 bridgehead atoms. The lowest BCUT2D eigenvalue weighted by Gasteiger charge is -2.07. The summed E-state index contributed by atoms with van der Waals surface area (Å²) in [5.74, 6) is 1.22. The molecule has 78 valence electrons. The molecule has 0 saturated carbocycles. The van der Waals surface area contributed by atoms with Gasteiger partial charge in [-0.3, -0.25) is 4.79 Å². The van der Waals surface area contributed by atoms with E-state index in [4.69, 9.17) is 5.73 Å². The van der Waals surface area contributed by atoms with Crippen molar-refractivity contribution in [2.75, 3.05) is 11.5 Å². The molecule has 0 aliphatic rings. The van der Waals surface area contributed by atoms with Crippen molar-refractivity contribution in [2.45, 2.75) is 26.8 Å². The van der Waals surface area contributed by atoms with E-state index in [9.17, 15) is 4.79 Å². The molecule has 2 N–H and O–H groups in total. The highest BCUT2D eigenvalue weighted by molar-refractivity contribution is 8.14. The monoisotopic (exact) mass is 213 g/mol. The number of nitrogen functional groups attached to an aromatic ring is 1. The largest absolute Gasteiger partial charge is 0.383 e. The van der Waals surface area contributed by atoms with Crippen molar-refractivity contribution in [1.82, 2.24) is 9.78 Å². The highest BCUT2D eigenvalue weighted by atomic mass is 32.2. The second-order valence-electron chi connectivity index (χ2n) is 3.20.